The van der Waals surface area contributed by atoms with Crippen LogP contribution in [0.4, 0.5) is 11.6 Å². The Morgan fingerprint density at radius 1 is 1.17 bits per heavy atom. The molecule has 3 N–H and O–H groups in total. The van der Waals surface area contributed by atoms with Gasteiger partial charge in [-0.25, -0.2) is 19.9 Å². The van der Waals surface area contributed by atoms with Crippen molar-refractivity contribution in [2.24, 2.45) is 0 Å². The highest BCUT2D eigenvalue weighted by Gasteiger charge is 2.21. The number of hydrogen-bond donors (Lipinski definition) is 2. The van der Waals surface area contributed by atoms with E-state index in [4.69, 9.17) is 10.3 Å². The summed E-state index contributed by atoms with van der Waals surface area (Å²) in [5, 5.41) is 17.9. The molecule has 0 saturated heterocycles. The van der Waals surface area contributed by atoms with Crippen LogP contribution in [0, 0.1) is 18.3 Å². The van der Waals surface area contributed by atoms with Crippen molar-refractivity contribution in [1.82, 2.24) is 29.7 Å². The van der Waals surface area contributed by atoms with Gasteiger partial charge in [-0.05, 0) is 30.9 Å². The molecule has 11 heteroatoms. The Labute approximate surface area is 198 Å². The maximum Gasteiger partial charge on any atom is 0.265 e. The molecule has 1 aromatic carbocycles. The van der Waals surface area contributed by atoms with Crippen LogP contribution in [0.25, 0.3) is 27.7 Å². The first-order valence-electron chi connectivity index (χ1n) is 10.6. The number of hydrogen-bond acceptors (Lipinski definition) is 10. The second kappa shape index (κ2) is 8.68. The van der Waals surface area contributed by atoms with Crippen LogP contribution in [0.5, 0.6) is 0 Å². The minimum absolute atomic E-state index is 0.0644. The molecule has 0 aliphatic rings. The van der Waals surface area contributed by atoms with E-state index in [1.165, 1.54) is 17.2 Å². The maximum absolute atomic E-state index is 14.0. The summed E-state index contributed by atoms with van der Waals surface area (Å²) in [7, 11) is 0. The molecule has 0 saturated carbocycles. The molecule has 0 aliphatic carbocycles. The van der Waals surface area contributed by atoms with E-state index in [0.717, 1.165) is 10.9 Å². The summed E-state index contributed by atoms with van der Waals surface area (Å²) in [6, 6.07) is 10.6. The molecule has 11 nitrogen and oxygen atoms in total. The zero-order valence-corrected chi connectivity index (χ0v) is 18.8. The number of nitrogen functional groups attached to an aromatic ring is 1. The van der Waals surface area contributed by atoms with Gasteiger partial charge in [0.25, 0.3) is 5.56 Å². The molecule has 172 valence electrons. The molecule has 0 fully saturated rings. The number of anilines is 2. The highest BCUT2D eigenvalue weighted by Crippen LogP contribution is 2.30. The molecule has 0 spiro atoms. The Morgan fingerprint density at radius 2 is 1.97 bits per heavy atom. The molecule has 4 aromatic heterocycles. The lowest BCUT2D eigenvalue weighted by Gasteiger charge is -2.21. The summed E-state index contributed by atoms with van der Waals surface area (Å²) >= 11 is 0. The Kier molecular flexibility index (Phi) is 5.39. The largest absolute Gasteiger partial charge is 0.382 e. The van der Waals surface area contributed by atoms with Gasteiger partial charge >= 0.3 is 0 Å². The molecule has 1 atom stereocenters. The number of aryl methyl sites for hydroxylation is 1. The van der Waals surface area contributed by atoms with Crippen molar-refractivity contribution in [2.45, 2.75) is 19.9 Å². The zero-order valence-electron chi connectivity index (χ0n) is 18.8. The number of nitrogens with one attached hydrogen (secondary N) is 1. The molecular formula is C24H19N9O2. The average molecular weight is 465 g/mol. The Morgan fingerprint density at radius 3 is 2.69 bits per heavy atom. The van der Waals surface area contributed by atoms with Gasteiger partial charge in [-0.2, -0.15) is 5.26 Å². The molecule has 5 aromatic rings. The smallest absolute Gasteiger partial charge is 0.265 e. The number of fused-ring (bicyclic) bond motifs is 1. The second-order valence-electron chi connectivity index (χ2n) is 7.82. The first kappa shape index (κ1) is 21.7. The van der Waals surface area contributed by atoms with Crippen LogP contribution < -0.4 is 16.6 Å². The third-order valence-electron chi connectivity index (χ3n) is 5.61. The van der Waals surface area contributed by atoms with Crippen molar-refractivity contribution in [1.29, 1.82) is 5.26 Å². The highest BCUT2D eigenvalue weighted by atomic mass is 16.5. The van der Waals surface area contributed by atoms with Gasteiger partial charge in [0.15, 0.2) is 5.82 Å². The van der Waals surface area contributed by atoms with E-state index in [2.05, 4.69) is 30.4 Å². The van der Waals surface area contributed by atoms with Gasteiger partial charge < -0.3 is 15.6 Å². The monoisotopic (exact) mass is 465 g/mol. The number of nitriles is 1. The van der Waals surface area contributed by atoms with Crippen molar-refractivity contribution >= 4 is 22.4 Å². The SMILES string of the molecule is Cc1ncc(-c2cccc3cc([C@H](C)Nc4ncnc(N)c4C#N)n(-c4ccon4)c(=O)c23)cn1. The quantitative estimate of drug-likeness (QED) is 0.394. The van der Waals surface area contributed by atoms with E-state index < -0.39 is 6.04 Å². The van der Waals surface area contributed by atoms with Crippen molar-refractivity contribution in [2.75, 3.05) is 11.1 Å². The van der Waals surface area contributed by atoms with Crippen LogP contribution >= 0.6 is 0 Å². The van der Waals surface area contributed by atoms with E-state index in [9.17, 15) is 10.1 Å². The van der Waals surface area contributed by atoms with Gasteiger partial charge in [-0.3, -0.25) is 9.36 Å². The van der Waals surface area contributed by atoms with Crippen LogP contribution in [0.15, 0.2) is 64.6 Å². The Bertz CT molecular complexity index is 1640. The Balaban J connectivity index is 1.73. The van der Waals surface area contributed by atoms with E-state index >= 15 is 0 Å². The van der Waals surface area contributed by atoms with Gasteiger partial charge in [0, 0.05) is 24.0 Å². The van der Waals surface area contributed by atoms with Gasteiger partial charge in [0.05, 0.1) is 17.1 Å². The van der Waals surface area contributed by atoms with E-state index in [-0.39, 0.29) is 22.8 Å². The fourth-order valence-corrected chi connectivity index (χ4v) is 3.93. The average Bonchev–Trinajstić information content (AvgIpc) is 3.38. The predicted octanol–water partition coefficient (Wildman–Crippen LogP) is 3.16. The summed E-state index contributed by atoms with van der Waals surface area (Å²) in [5.41, 5.74) is 7.66. The summed E-state index contributed by atoms with van der Waals surface area (Å²) in [4.78, 5) is 30.5. The first-order chi connectivity index (χ1) is 17.0. The minimum atomic E-state index is -0.475. The van der Waals surface area contributed by atoms with E-state index in [0.29, 0.717) is 28.3 Å². The molecule has 0 aliphatic heterocycles. The molecule has 35 heavy (non-hydrogen) atoms. The van der Waals surface area contributed by atoms with Gasteiger partial charge in [-0.15, -0.1) is 0 Å². The summed E-state index contributed by atoms with van der Waals surface area (Å²) in [6.07, 6.45) is 6.05. The van der Waals surface area contributed by atoms with Crippen LogP contribution in [0.2, 0.25) is 0 Å². The molecule has 4 heterocycles. The molecule has 5 rings (SSSR count). The topological polar surface area (TPSA) is 161 Å². The number of benzene rings is 1. The van der Waals surface area contributed by atoms with Gasteiger partial charge in [0.2, 0.25) is 0 Å². The number of aromatic nitrogens is 6. The molecule has 0 bridgehead atoms. The van der Waals surface area contributed by atoms with Crippen LogP contribution in [-0.4, -0.2) is 29.7 Å². The zero-order chi connectivity index (χ0) is 24.5. The standard InChI is InChI=1S/C24H19N9O2/c1-13(31-23-18(9-25)22(26)29-12-30-23)19-8-15-4-3-5-17(16-10-27-14(2)28-11-16)21(15)24(34)33(19)20-6-7-35-32-20/h3-8,10-13H,1-2H3,(H3,26,29,30,31)/t13-/m0/s1. The van der Waals surface area contributed by atoms with Crippen molar-refractivity contribution < 1.29 is 4.52 Å². The summed E-state index contributed by atoms with van der Waals surface area (Å²) in [5.74, 6) is 1.28. The van der Waals surface area contributed by atoms with Crippen molar-refractivity contribution in [3.05, 3.63) is 82.8 Å². The predicted molar refractivity (Wildman–Crippen MR) is 129 cm³/mol. The Hall–Kier alpha value is -5.11. The number of nitrogens with zero attached hydrogens (tertiary/aromatic N) is 7. The van der Waals surface area contributed by atoms with E-state index in [1.807, 2.05) is 37.3 Å². The maximum atomic E-state index is 14.0. The summed E-state index contributed by atoms with van der Waals surface area (Å²) < 4.78 is 6.51. The van der Waals surface area contributed by atoms with Crippen molar-refractivity contribution in [3.63, 3.8) is 0 Å². The number of rotatable bonds is 5. The lowest BCUT2D eigenvalue weighted by Crippen LogP contribution is -2.26. The van der Waals surface area contributed by atoms with Crippen LogP contribution in [-0.2, 0) is 0 Å². The highest BCUT2D eigenvalue weighted by molar-refractivity contribution is 5.96. The van der Waals surface area contributed by atoms with Crippen molar-refractivity contribution in [3.8, 4) is 23.0 Å². The third kappa shape index (κ3) is 3.83. The lowest BCUT2D eigenvalue weighted by molar-refractivity contribution is 0.415. The normalized spacial score (nSPS) is 11.8. The first-order valence-corrected chi connectivity index (χ1v) is 10.6. The summed E-state index contributed by atoms with van der Waals surface area (Å²) in [6.45, 7) is 3.64. The van der Waals surface area contributed by atoms with Gasteiger partial charge in [0.1, 0.15) is 41.7 Å². The molecular weight excluding hydrogens is 446 g/mol. The fraction of sp³-hybridized carbons (Fsp3) is 0.125. The third-order valence-corrected chi connectivity index (χ3v) is 5.61. The minimum Gasteiger partial charge on any atom is -0.382 e. The van der Waals surface area contributed by atoms with Crippen LogP contribution in [0.1, 0.15) is 30.0 Å². The fourth-order valence-electron chi connectivity index (χ4n) is 3.93. The van der Waals surface area contributed by atoms with Gasteiger partial charge in [-0.1, -0.05) is 23.4 Å². The second-order valence-corrected chi connectivity index (χ2v) is 7.82. The lowest BCUT2D eigenvalue weighted by atomic mass is 9.99. The van der Waals surface area contributed by atoms with E-state index in [1.54, 1.807) is 25.4 Å². The number of pyridine rings is 1. The molecule has 0 radical (unpaired) electrons. The van der Waals surface area contributed by atoms with Crippen LogP contribution in [0.3, 0.4) is 0 Å². The number of nitrogens with two attached hydrogens (primary N) is 1. The molecule has 0 amide bonds. The molecule has 0 unspecified atom stereocenters.